The van der Waals surface area contributed by atoms with Gasteiger partial charge in [0.15, 0.2) is 0 Å². The summed E-state index contributed by atoms with van der Waals surface area (Å²) < 4.78 is 4.74. The number of carbonyl (C=O) groups excluding carboxylic acids is 1. The molecule has 0 aliphatic heterocycles. The van der Waals surface area contributed by atoms with Crippen LogP contribution in [0.5, 0.6) is 0 Å². The van der Waals surface area contributed by atoms with Gasteiger partial charge in [-0.05, 0) is 18.4 Å². The molecule has 104 valence electrons. The number of carbonyl (C=O) groups is 1. The molecule has 0 unspecified atom stereocenters. The van der Waals surface area contributed by atoms with Gasteiger partial charge in [-0.25, -0.2) is 9.78 Å². The summed E-state index contributed by atoms with van der Waals surface area (Å²) in [6, 6.07) is 1.59. The molecule has 19 heavy (non-hydrogen) atoms. The van der Waals surface area contributed by atoms with E-state index in [9.17, 15) is 4.79 Å². The van der Waals surface area contributed by atoms with Gasteiger partial charge in [-0.15, -0.1) is 0 Å². The van der Waals surface area contributed by atoms with Crippen molar-refractivity contribution in [3.8, 4) is 0 Å². The third-order valence-corrected chi connectivity index (χ3v) is 3.63. The van der Waals surface area contributed by atoms with E-state index in [0.29, 0.717) is 17.1 Å². The number of anilines is 2. The molecule has 5 nitrogen and oxygen atoms in total. The van der Waals surface area contributed by atoms with Crippen molar-refractivity contribution in [2.45, 2.75) is 32.1 Å². The molecule has 1 aliphatic carbocycles. The Morgan fingerprint density at radius 3 is 2.95 bits per heavy atom. The van der Waals surface area contributed by atoms with E-state index in [2.05, 4.69) is 10.3 Å². The number of nitrogens with zero attached hydrogens (tertiary/aromatic N) is 1. The molecule has 0 saturated heterocycles. The lowest BCUT2D eigenvalue weighted by atomic mass is 10.0. The summed E-state index contributed by atoms with van der Waals surface area (Å²) in [6.45, 7) is 0.825. The first kappa shape index (κ1) is 13.6. The largest absolute Gasteiger partial charge is 0.465 e. The summed E-state index contributed by atoms with van der Waals surface area (Å²) in [5.74, 6) is 0.949. The first-order chi connectivity index (χ1) is 9.20. The fourth-order valence-electron chi connectivity index (χ4n) is 2.58. The molecular formula is C14H21N3O2. The molecule has 0 aromatic carbocycles. The fraction of sp³-hybridized carbons (Fsp3) is 0.571. The molecular weight excluding hydrogens is 242 g/mol. The van der Waals surface area contributed by atoms with E-state index in [1.807, 2.05) is 0 Å². The number of aromatic nitrogens is 1. The van der Waals surface area contributed by atoms with Crippen molar-refractivity contribution >= 4 is 17.5 Å². The SMILES string of the molecule is COC(=O)c1cc(N)cnc1NCCC1CCCC1. The number of nitrogen functional groups attached to an aromatic ring is 1. The Bertz CT molecular complexity index is 442. The van der Waals surface area contributed by atoms with Crippen LogP contribution in [0, 0.1) is 5.92 Å². The number of esters is 1. The molecule has 2 rings (SSSR count). The second-order valence-corrected chi connectivity index (χ2v) is 5.02. The highest BCUT2D eigenvalue weighted by Crippen LogP contribution is 2.27. The van der Waals surface area contributed by atoms with Gasteiger partial charge in [0, 0.05) is 6.54 Å². The number of hydrogen-bond acceptors (Lipinski definition) is 5. The number of methoxy groups -OCH3 is 1. The van der Waals surface area contributed by atoms with Crippen molar-refractivity contribution in [1.29, 1.82) is 0 Å². The highest BCUT2D eigenvalue weighted by atomic mass is 16.5. The minimum atomic E-state index is -0.414. The molecule has 1 aromatic rings. The summed E-state index contributed by atoms with van der Waals surface area (Å²) in [7, 11) is 1.35. The van der Waals surface area contributed by atoms with Gasteiger partial charge in [-0.1, -0.05) is 25.7 Å². The summed E-state index contributed by atoms with van der Waals surface area (Å²) in [5.41, 5.74) is 6.51. The number of nitrogens with two attached hydrogens (primary N) is 1. The Labute approximate surface area is 113 Å². The van der Waals surface area contributed by atoms with Crippen LogP contribution < -0.4 is 11.1 Å². The summed E-state index contributed by atoms with van der Waals surface area (Å²) >= 11 is 0. The quantitative estimate of drug-likeness (QED) is 0.798. The Kier molecular flexibility index (Phi) is 4.60. The highest BCUT2D eigenvalue weighted by molar-refractivity contribution is 5.95. The number of ether oxygens (including phenoxy) is 1. The van der Waals surface area contributed by atoms with Crippen LogP contribution in [0.3, 0.4) is 0 Å². The number of hydrogen-bond donors (Lipinski definition) is 2. The standard InChI is InChI=1S/C14H21N3O2/c1-19-14(18)12-8-11(15)9-17-13(12)16-7-6-10-4-2-3-5-10/h8-10H,2-7,15H2,1H3,(H,16,17). The van der Waals surface area contributed by atoms with Crippen LogP contribution in [-0.4, -0.2) is 24.6 Å². The lowest BCUT2D eigenvalue weighted by Crippen LogP contribution is -2.13. The maximum atomic E-state index is 11.6. The van der Waals surface area contributed by atoms with E-state index in [1.54, 1.807) is 12.3 Å². The zero-order valence-electron chi connectivity index (χ0n) is 11.3. The van der Waals surface area contributed by atoms with Crippen LogP contribution in [0.4, 0.5) is 11.5 Å². The maximum Gasteiger partial charge on any atom is 0.341 e. The summed E-state index contributed by atoms with van der Waals surface area (Å²) in [4.78, 5) is 15.8. The molecule has 0 spiro atoms. The average molecular weight is 263 g/mol. The van der Waals surface area contributed by atoms with Crippen molar-refractivity contribution in [3.05, 3.63) is 17.8 Å². The fourth-order valence-corrected chi connectivity index (χ4v) is 2.58. The first-order valence-corrected chi connectivity index (χ1v) is 6.78. The van der Waals surface area contributed by atoms with Gasteiger partial charge in [0.2, 0.25) is 0 Å². The number of rotatable bonds is 5. The Morgan fingerprint density at radius 2 is 2.26 bits per heavy atom. The Balaban J connectivity index is 1.96. The third-order valence-electron chi connectivity index (χ3n) is 3.63. The van der Waals surface area contributed by atoms with Crippen molar-refractivity contribution in [2.24, 2.45) is 5.92 Å². The Morgan fingerprint density at radius 1 is 1.53 bits per heavy atom. The monoisotopic (exact) mass is 263 g/mol. The van der Waals surface area contributed by atoms with Gasteiger partial charge in [-0.2, -0.15) is 0 Å². The van der Waals surface area contributed by atoms with Gasteiger partial charge in [0.1, 0.15) is 11.4 Å². The minimum Gasteiger partial charge on any atom is -0.465 e. The minimum absolute atomic E-state index is 0.397. The highest BCUT2D eigenvalue weighted by Gasteiger charge is 2.16. The van der Waals surface area contributed by atoms with E-state index in [1.165, 1.54) is 32.8 Å². The predicted molar refractivity (Wildman–Crippen MR) is 75.1 cm³/mol. The van der Waals surface area contributed by atoms with Crippen molar-refractivity contribution in [3.63, 3.8) is 0 Å². The summed E-state index contributed by atoms with van der Waals surface area (Å²) in [5, 5.41) is 3.22. The molecule has 1 fully saturated rings. The van der Waals surface area contributed by atoms with Gasteiger partial charge in [-0.3, -0.25) is 0 Å². The molecule has 0 atom stereocenters. The van der Waals surface area contributed by atoms with E-state index in [4.69, 9.17) is 10.5 Å². The van der Waals surface area contributed by atoms with E-state index in [-0.39, 0.29) is 0 Å². The van der Waals surface area contributed by atoms with Gasteiger partial charge in [0.25, 0.3) is 0 Å². The van der Waals surface area contributed by atoms with Crippen LogP contribution in [-0.2, 0) is 4.74 Å². The van der Waals surface area contributed by atoms with Crippen molar-refractivity contribution < 1.29 is 9.53 Å². The molecule has 0 bridgehead atoms. The third kappa shape index (κ3) is 3.59. The predicted octanol–water partition coefficient (Wildman–Crippen LogP) is 2.44. The number of nitrogens with one attached hydrogen (secondary N) is 1. The summed E-state index contributed by atoms with van der Waals surface area (Å²) in [6.07, 6.45) is 7.99. The Hall–Kier alpha value is -1.78. The van der Waals surface area contributed by atoms with E-state index in [0.717, 1.165) is 18.9 Å². The normalized spacial score (nSPS) is 15.4. The first-order valence-electron chi connectivity index (χ1n) is 6.78. The molecule has 1 aliphatic rings. The van der Waals surface area contributed by atoms with Crippen LogP contribution in [0.2, 0.25) is 0 Å². The number of pyridine rings is 1. The molecule has 3 N–H and O–H groups in total. The molecule has 1 heterocycles. The van der Waals surface area contributed by atoms with Gasteiger partial charge in [0.05, 0.1) is 19.0 Å². The molecule has 1 aromatic heterocycles. The topological polar surface area (TPSA) is 77.2 Å². The lowest BCUT2D eigenvalue weighted by Gasteiger charge is -2.12. The molecule has 0 amide bonds. The molecule has 1 saturated carbocycles. The zero-order valence-corrected chi connectivity index (χ0v) is 11.3. The van der Waals surface area contributed by atoms with E-state index < -0.39 is 5.97 Å². The lowest BCUT2D eigenvalue weighted by molar-refractivity contribution is 0.0601. The van der Waals surface area contributed by atoms with Crippen LogP contribution >= 0.6 is 0 Å². The van der Waals surface area contributed by atoms with Crippen LogP contribution in [0.1, 0.15) is 42.5 Å². The van der Waals surface area contributed by atoms with Crippen LogP contribution in [0.25, 0.3) is 0 Å². The van der Waals surface area contributed by atoms with Crippen molar-refractivity contribution in [1.82, 2.24) is 4.98 Å². The second-order valence-electron chi connectivity index (χ2n) is 5.02. The maximum absolute atomic E-state index is 11.6. The zero-order chi connectivity index (χ0) is 13.7. The van der Waals surface area contributed by atoms with Crippen molar-refractivity contribution in [2.75, 3.05) is 24.7 Å². The molecule has 5 heteroatoms. The smallest absolute Gasteiger partial charge is 0.341 e. The van der Waals surface area contributed by atoms with Gasteiger partial charge < -0.3 is 15.8 Å². The molecule has 0 radical (unpaired) electrons. The van der Waals surface area contributed by atoms with Gasteiger partial charge >= 0.3 is 5.97 Å². The van der Waals surface area contributed by atoms with E-state index >= 15 is 0 Å². The second kappa shape index (κ2) is 6.41. The average Bonchev–Trinajstić information content (AvgIpc) is 2.92. The van der Waals surface area contributed by atoms with Crippen LogP contribution in [0.15, 0.2) is 12.3 Å².